The summed E-state index contributed by atoms with van der Waals surface area (Å²) in [6.07, 6.45) is 0. The zero-order valence-electron chi connectivity index (χ0n) is 17.1. The first kappa shape index (κ1) is 22.1. The molecule has 0 heterocycles. The van der Waals surface area contributed by atoms with Gasteiger partial charge in [-0.05, 0) is 37.1 Å². The molecule has 4 aromatic carbocycles. The lowest BCUT2D eigenvalue weighted by atomic mass is 10.4. The Morgan fingerprint density at radius 1 is 0.419 bits per heavy atom. The minimum absolute atomic E-state index is 0.969. The van der Waals surface area contributed by atoms with E-state index in [0.717, 1.165) is 4.78 Å². The molecule has 4 aromatic rings. The highest BCUT2D eigenvalue weighted by Crippen LogP contribution is 2.57. The van der Waals surface area contributed by atoms with Crippen molar-refractivity contribution in [2.75, 3.05) is 0 Å². The molecule has 0 bridgehead atoms. The van der Waals surface area contributed by atoms with Crippen LogP contribution < -0.4 is 37.7 Å². The van der Waals surface area contributed by atoms with Gasteiger partial charge in [0, 0.05) is 4.78 Å². The van der Waals surface area contributed by atoms with Crippen molar-refractivity contribution < 1.29 is 0 Å². The molecular formula is C25H26N3P3. The van der Waals surface area contributed by atoms with Crippen LogP contribution in [0.2, 0.25) is 0 Å². The normalized spacial score (nSPS) is 11.6. The van der Waals surface area contributed by atoms with E-state index >= 15 is 0 Å². The quantitative estimate of drug-likeness (QED) is 0.380. The summed E-state index contributed by atoms with van der Waals surface area (Å²) in [5, 5.41) is 4.85. The van der Waals surface area contributed by atoms with Crippen molar-refractivity contribution >= 4 is 49.2 Å². The fraction of sp³-hybridized carbons (Fsp3) is 0. The van der Waals surface area contributed by atoms with E-state index in [1.165, 1.54) is 21.2 Å². The summed E-state index contributed by atoms with van der Waals surface area (Å²) in [5.74, 6) is 0. The van der Waals surface area contributed by atoms with Crippen molar-refractivity contribution in [1.29, 1.82) is 0 Å². The predicted octanol–water partition coefficient (Wildman–Crippen LogP) is 3.98. The molecule has 0 atom stereocenters. The molecule has 6 heteroatoms. The van der Waals surface area contributed by atoms with Crippen LogP contribution in [0.15, 0.2) is 121 Å². The number of rotatable bonds is 6. The molecule has 0 aliphatic carbocycles. The molecule has 0 amide bonds. The number of benzene rings is 4. The molecule has 0 unspecified atom stereocenters. The third-order valence-electron chi connectivity index (χ3n) is 4.80. The first-order valence-electron chi connectivity index (χ1n) is 9.98. The van der Waals surface area contributed by atoms with E-state index in [1.54, 1.807) is 0 Å². The smallest absolute Gasteiger partial charge is 0.0750 e. The van der Waals surface area contributed by atoms with Gasteiger partial charge in [-0.3, -0.25) is 16.5 Å². The van der Waals surface area contributed by atoms with Gasteiger partial charge in [-0.1, -0.05) is 121 Å². The third kappa shape index (κ3) is 5.22. The summed E-state index contributed by atoms with van der Waals surface area (Å²) in [5.41, 5.74) is 20.1. The van der Waals surface area contributed by atoms with Gasteiger partial charge >= 0.3 is 0 Å². The Bertz CT molecular complexity index is 990. The van der Waals surface area contributed by atoms with Crippen LogP contribution in [0.1, 0.15) is 0 Å². The monoisotopic (exact) mass is 461 g/mol. The van der Waals surface area contributed by atoms with E-state index in [1.807, 2.05) is 24.3 Å². The van der Waals surface area contributed by atoms with Crippen LogP contribution >= 0.6 is 23.2 Å². The molecule has 0 aliphatic rings. The van der Waals surface area contributed by atoms with Gasteiger partial charge in [0.15, 0.2) is 0 Å². The Morgan fingerprint density at radius 2 is 0.645 bits per heavy atom. The van der Waals surface area contributed by atoms with Gasteiger partial charge < -0.3 is 0 Å². The molecule has 3 nitrogen and oxygen atoms in total. The van der Waals surface area contributed by atoms with Crippen molar-refractivity contribution in [2.24, 2.45) is 16.5 Å². The van der Waals surface area contributed by atoms with E-state index in [2.05, 4.69) is 97.1 Å². The molecule has 0 radical (unpaired) electrons. The maximum Gasteiger partial charge on any atom is 0.0750 e. The Morgan fingerprint density at radius 3 is 0.839 bits per heavy atom. The second kappa shape index (κ2) is 10.0. The van der Waals surface area contributed by atoms with Crippen molar-refractivity contribution in [2.45, 2.75) is 0 Å². The van der Waals surface area contributed by atoms with Gasteiger partial charge in [-0.15, -0.1) is 0 Å². The van der Waals surface area contributed by atoms with Gasteiger partial charge in [0.1, 0.15) is 0 Å². The second-order valence-corrected chi connectivity index (χ2v) is 14.6. The summed E-state index contributed by atoms with van der Waals surface area (Å²) in [6.45, 7) is 0. The minimum atomic E-state index is -2.83. The van der Waals surface area contributed by atoms with Crippen molar-refractivity contribution in [3.05, 3.63) is 121 Å². The second-order valence-electron chi connectivity index (χ2n) is 7.15. The van der Waals surface area contributed by atoms with E-state index in [-0.39, 0.29) is 0 Å². The zero-order valence-corrected chi connectivity index (χ0v) is 19.8. The first-order chi connectivity index (χ1) is 15.1. The molecule has 31 heavy (non-hydrogen) atoms. The van der Waals surface area contributed by atoms with Crippen LogP contribution in [-0.2, 0) is 0 Å². The molecule has 0 fully saturated rings. The zero-order chi connectivity index (χ0) is 21.7. The molecule has 4 rings (SSSR count). The van der Waals surface area contributed by atoms with E-state index in [4.69, 9.17) is 16.5 Å². The van der Waals surface area contributed by atoms with Gasteiger partial charge in [-0.2, -0.15) is 0 Å². The van der Waals surface area contributed by atoms with Crippen LogP contribution in [0.25, 0.3) is 0 Å². The van der Waals surface area contributed by atoms with Crippen LogP contribution in [0.5, 0.6) is 0 Å². The fourth-order valence-corrected chi connectivity index (χ4v) is 13.3. The molecule has 0 aliphatic heterocycles. The van der Waals surface area contributed by atoms with Gasteiger partial charge in [-0.25, -0.2) is 0 Å². The summed E-state index contributed by atoms with van der Waals surface area (Å²) in [4.78, 5) is 0. The van der Waals surface area contributed by atoms with Gasteiger partial charge in [0.25, 0.3) is 0 Å². The molecule has 0 spiro atoms. The standard InChI is InChI=1S/C25H26N3P3/c26-31(27,28)25(29(21-13-5-1-6-14-21)22-15-7-2-8-16-22)30(23-17-9-3-10-18-23)24-19-11-4-12-20-24/h1-20H,26-28H2. The average Bonchev–Trinajstić information content (AvgIpc) is 2.81. The molecule has 6 N–H and O–H groups in total. The van der Waals surface area contributed by atoms with Gasteiger partial charge in [0.05, 0.1) is 7.34 Å². The van der Waals surface area contributed by atoms with Crippen LogP contribution in [0.4, 0.5) is 0 Å². The number of hydrogen-bond acceptors (Lipinski definition) is 3. The average molecular weight is 461 g/mol. The van der Waals surface area contributed by atoms with E-state index in [9.17, 15) is 0 Å². The minimum Gasteiger partial charge on any atom is -0.288 e. The summed E-state index contributed by atoms with van der Waals surface area (Å²) in [7, 11) is -4.76. The number of hydrogen-bond donors (Lipinski definition) is 3. The SMILES string of the molecule is NP(N)(N)=C(P(c1ccccc1)c1ccccc1)P(c1ccccc1)c1ccccc1. The van der Waals surface area contributed by atoms with Crippen LogP contribution in [0, 0.1) is 0 Å². The summed E-state index contributed by atoms with van der Waals surface area (Å²) >= 11 is 0. The Hall–Kier alpha value is -2.08. The highest BCUT2D eigenvalue weighted by molar-refractivity contribution is 8.22. The van der Waals surface area contributed by atoms with E-state index < -0.39 is 23.2 Å². The summed E-state index contributed by atoms with van der Waals surface area (Å²) in [6, 6.07) is 42.0. The Balaban J connectivity index is 2.03. The lowest BCUT2D eigenvalue weighted by molar-refractivity contribution is 1.67. The maximum atomic E-state index is 6.69. The topological polar surface area (TPSA) is 78.1 Å². The highest BCUT2D eigenvalue weighted by atomic mass is 31.2. The van der Waals surface area contributed by atoms with E-state index in [0.29, 0.717) is 0 Å². The van der Waals surface area contributed by atoms with Gasteiger partial charge in [0.2, 0.25) is 0 Å². The maximum absolute atomic E-state index is 6.69. The molecule has 156 valence electrons. The summed E-state index contributed by atoms with van der Waals surface area (Å²) < 4.78 is 1.09. The molecule has 0 saturated heterocycles. The van der Waals surface area contributed by atoms with Crippen molar-refractivity contribution in [1.82, 2.24) is 0 Å². The predicted molar refractivity (Wildman–Crippen MR) is 143 cm³/mol. The highest BCUT2D eigenvalue weighted by Gasteiger charge is 2.32. The van der Waals surface area contributed by atoms with Crippen molar-refractivity contribution in [3.63, 3.8) is 0 Å². The Labute approximate surface area is 186 Å². The fourth-order valence-electron chi connectivity index (χ4n) is 3.51. The lowest BCUT2D eigenvalue weighted by Crippen LogP contribution is -2.30. The molecule has 0 saturated carbocycles. The lowest BCUT2D eigenvalue weighted by Gasteiger charge is -2.33. The van der Waals surface area contributed by atoms with Crippen molar-refractivity contribution in [3.8, 4) is 0 Å². The molecular weight excluding hydrogens is 435 g/mol. The first-order valence-corrected chi connectivity index (χ1v) is 14.7. The molecule has 0 aromatic heterocycles. The largest absolute Gasteiger partial charge is 0.288 e. The van der Waals surface area contributed by atoms with Crippen LogP contribution in [-0.4, -0.2) is 4.78 Å². The Kier molecular flexibility index (Phi) is 7.16. The number of nitrogens with two attached hydrogens (primary N) is 3. The van der Waals surface area contributed by atoms with Crippen LogP contribution in [0.3, 0.4) is 0 Å². The third-order valence-corrected chi connectivity index (χ3v) is 14.0.